The van der Waals surface area contributed by atoms with Crippen molar-refractivity contribution in [3.63, 3.8) is 0 Å². The van der Waals surface area contributed by atoms with Gasteiger partial charge >= 0.3 is 0 Å². The highest BCUT2D eigenvalue weighted by molar-refractivity contribution is 9.10. The number of hydrogen-bond donors (Lipinski definition) is 2. The minimum absolute atomic E-state index is 0.0321. The molecule has 0 radical (unpaired) electrons. The second kappa shape index (κ2) is 8.63. The van der Waals surface area contributed by atoms with Crippen LogP contribution in [0.5, 0.6) is 0 Å². The molecular weight excluding hydrogens is 380 g/mol. The average Bonchev–Trinajstić information content (AvgIpc) is 3.28. The minimum atomic E-state index is -0.0321. The Morgan fingerprint density at radius 3 is 2.68 bits per heavy atom. The molecule has 2 aromatic rings. The minimum Gasteiger partial charge on any atom is -0.310 e. The molecule has 1 aromatic carbocycles. The first-order chi connectivity index (χ1) is 12.2. The highest BCUT2D eigenvalue weighted by Crippen LogP contribution is 2.31. The molecule has 1 aromatic heterocycles. The van der Waals surface area contributed by atoms with Crippen LogP contribution in [0.15, 0.2) is 41.0 Å². The smallest absolute Gasteiger partial charge is 0.239 e. The Hall–Kier alpha value is -1.66. The number of hydrogen-bond acceptors (Lipinski definition) is 3. The van der Waals surface area contributed by atoms with Crippen molar-refractivity contribution < 1.29 is 4.79 Å². The number of nitrogens with one attached hydrogen (secondary N) is 2. The van der Waals surface area contributed by atoms with Gasteiger partial charge in [-0.05, 0) is 37.0 Å². The highest BCUT2D eigenvalue weighted by Gasteiger charge is 2.20. The van der Waals surface area contributed by atoms with Crippen molar-refractivity contribution in [3.05, 3.63) is 46.6 Å². The fourth-order valence-electron chi connectivity index (χ4n) is 3.45. The summed E-state index contributed by atoms with van der Waals surface area (Å²) in [6.45, 7) is 2.40. The summed E-state index contributed by atoms with van der Waals surface area (Å²) in [5.74, 6) is 0.769. The maximum atomic E-state index is 12.4. The number of rotatable bonds is 7. The van der Waals surface area contributed by atoms with Gasteiger partial charge in [0.2, 0.25) is 5.91 Å². The monoisotopic (exact) mass is 404 g/mol. The number of anilines is 1. The van der Waals surface area contributed by atoms with Crippen molar-refractivity contribution in [2.75, 3.05) is 11.9 Å². The van der Waals surface area contributed by atoms with E-state index in [1.165, 1.54) is 18.4 Å². The van der Waals surface area contributed by atoms with E-state index < -0.39 is 0 Å². The van der Waals surface area contributed by atoms with Gasteiger partial charge in [-0.2, -0.15) is 5.10 Å². The van der Waals surface area contributed by atoms with Gasteiger partial charge in [0.25, 0.3) is 0 Å². The average molecular weight is 405 g/mol. The van der Waals surface area contributed by atoms with Crippen molar-refractivity contribution in [2.45, 2.75) is 51.1 Å². The second-order valence-electron chi connectivity index (χ2n) is 6.54. The molecule has 1 atom stereocenters. The number of benzene rings is 1. The zero-order chi connectivity index (χ0) is 17.6. The summed E-state index contributed by atoms with van der Waals surface area (Å²) in [7, 11) is 0. The zero-order valence-electron chi connectivity index (χ0n) is 14.5. The molecule has 1 amide bonds. The third kappa shape index (κ3) is 4.70. The first-order valence-corrected chi connectivity index (χ1v) is 9.79. The summed E-state index contributed by atoms with van der Waals surface area (Å²) in [6.07, 6.45) is 7.46. The Bertz CT molecular complexity index is 692. The second-order valence-corrected chi connectivity index (χ2v) is 7.46. The standard InChI is InChI=1S/C19H25BrN4O/c1-2-17(14-7-9-15(20)10-8-14)21-13-19(25)23-18-11-12-22-24(18)16-5-3-4-6-16/h7-12,16-17,21H,2-6,13H2,1H3,(H,23,25)/t17-/m1/s1. The van der Waals surface area contributed by atoms with Crippen LogP contribution in [0.3, 0.4) is 0 Å². The third-order valence-corrected chi connectivity index (χ3v) is 5.33. The number of carbonyl (C=O) groups is 1. The van der Waals surface area contributed by atoms with E-state index in [1.54, 1.807) is 6.20 Å². The van der Waals surface area contributed by atoms with Gasteiger partial charge in [-0.1, -0.05) is 47.8 Å². The molecule has 0 bridgehead atoms. The van der Waals surface area contributed by atoms with Crippen LogP contribution in [0.1, 0.15) is 56.7 Å². The van der Waals surface area contributed by atoms with Gasteiger partial charge in [0, 0.05) is 16.6 Å². The summed E-state index contributed by atoms with van der Waals surface area (Å²) in [5, 5.41) is 10.7. The normalized spacial score (nSPS) is 16.1. The van der Waals surface area contributed by atoms with Crippen LogP contribution in [0.25, 0.3) is 0 Å². The topological polar surface area (TPSA) is 59.0 Å². The molecule has 6 heteroatoms. The van der Waals surface area contributed by atoms with Crippen LogP contribution >= 0.6 is 15.9 Å². The highest BCUT2D eigenvalue weighted by atomic mass is 79.9. The van der Waals surface area contributed by atoms with E-state index in [4.69, 9.17) is 0 Å². The van der Waals surface area contributed by atoms with Gasteiger partial charge in [-0.15, -0.1) is 0 Å². The molecule has 0 saturated heterocycles. The van der Waals surface area contributed by atoms with Crippen molar-refractivity contribution >= 4 is 27.7 Å². The molecule has 0 aliphatic heterocycles. The van der Waals surface area contributed by atoms with Crippen molar-refractivity contribution in [1.82, 2.24) is 15.1 Å². The van der Waals surface area contributed by atoms with Gasteiger partial charge in [0.1, 0.15) is 5.82 Å². The fraction of sp³-hybridized carbons (Fsp3) is 0.474. The van der Waals surface area contributed by atoms with Crippen LogP contribution in [0.4, 0.5) is 5.82 Å². The van der Waals surface area contributed by atoms with Crippen molar-refractivity contribution in [3.8, 4) is 0 Å². The Kier molecular flexibility index (Phi) is 6.26. The Morgan fingerprint density at radius 1 is 1.28 bits per heavy atom. The summed E-state index contributed by atoms with van der Waals surface area (Å²) in [5.41, 5.74) is 1.19. The van der Waals surface area contributed by atoms with Crippen molar-refractivity contribution in [2.24, 2.45) is 0 Å². The Morgan fingerprint density at radius 2 is 2.00 bits per heavy atom. The maximum Gasteiger partial charge on any atom is 0.239 e. The predicted molar refractivity (Wildman–Crippen MR) is 104 cm³/mol. The van der Waals surface area contributed by atoms with Gasteiger partial charge in [-0.25, -0.2) is 4.68 Å². The van der Waals surface area contributed by atoms with E-state index in [9.17, 15) is 4.79 Å². The molecule has 2 N–H and O–H groups in total. The van der Waals surface area contributed by atoms with Gasteiger partial charge < -0.3 is 10.6 Å². The number of halogens is 1. The maximum absolute atomic E-state index is 12.4. The van der Waals surface area contributed by atoms with E-state index in [1.807, 2.05) is 22.9 Å². The lowest BCUT2D eigenvalue weighted by atomic mass is 10.0. The van der Waals surface area contributed by atoms with Crippen LogP contribution in [0.2, 0.25) is 0 Å². The van der Waals surface area contributed by atoms with E-state index in [0.717, 1.165) is 29.6 Å². The summed E-state index contributed by atoms with van der Waals surface area (Å²) in [4.78, 5) is 12.4. The van der Waals surface area contributed by atoms with E-state index >= 15 is 0 Å². The molecule has 0 unspecified atom stereocenters. The number of nitrogens with zero attached hydrogens (tertiary/aromatic N) is 2. The van der Waals surface area contributed by atoms with Crippen molar-refractivity contribution in [1.29, 1.82) is 0 Å². The summed E-state index contributed by atoms with van der Waals surface area (Å²) >= 11 is 3.45. The molecule has 3 rings (SSSR count). The first kappa shape index (κ1) is 18.1. The lowest BCUT2D eigenvalue weighted by Crippen LogP contribution is -2.31. The third-order valence-electron chi connectivity index (χ3n) is 4.80. The molecule has 1 aliphatic carbocycles. The Labute approximate surface area is 157 Å². The van der Waals surface area contributed by atoms with Gasteiger partial charge in [0.05, 0.1) is 18.8 Å². The van der Waals surface area contributed by atoms with E-state index in [0.29, 0.717) is 6.04 Å². The van der Waals surface area contributed by atoms with Crippen LogP contribution < -0.4 is 10.6 Å². The molecule has 1 aliphatic rings. The first-order valence-electron chi connectivity index (χ1n) is 8.99. The number of carbonyl (C=O) groups excluding carboxylic acids is 1. The molecule has 1 fully saturated rings. The quantitative estimate of drug-likeness (QED) is 0.716. The predicted octanol–water partition coefficient (Wildman–Crippen LogP) is 4.44. The van der Waals surface area contributed by atoms with Crippen LogP contribution in [0, 0.1) is 0 Å². The van der Waals surface area contributed by atoms with Crippen LogP contribution in [-0.4, -0.2) is 22.2 Å². The molecular formula is C19H25BrN4O. The van der Waals surface area contributed by atoms with Gasteiger partial charge in [0.15, 0.2) is 0 Å². The lowest BCUT2D eigenvalue weighted by molar-refractivity contribution is -0.115. The number of amides is 1. The molecule has 1 heterocycles. The lowest BCUT2D eigenvalue weighted by Gasteiger charge is -2.18. The van der Waals surface area contributed by atoms with E-state index in [-0.39, 0.29) is 18.5 Å². The molecule has 25 heavy (non-hydrogen) atoms. The SMILES string of the molecule is CC[C@@H](NCC(=O)Nc1ccnn1C1CCCC1)c1ccc(Br)cc1. The molecule has 134 valence electrons. The fourth-order valence-corrected chi connectivity index (χ4v) is 3.71. The molecule has 0 spiro atoms. The Balaban J connectivity index is 1.55. The molecule has 1 saturated carbocycles. The largest absolute Gasteiger partial charge is 0.310 e. The number of aromatic nitrogens is 2. The van der Waals surface area contributed by atoms with Crippen LogP contribution in [-0.2, 0) is 4.79 Å². The zero-order valence-corrected chi connectivity index (χ0v) is 16.1. The van der Waals surface area contributed by atoms with Gasteiger partial charge in [-0.3, -0.25) is 4.79 Å². The summed E-state index contributed by atoms with van der Waals surface area (Å²) < 4.78 is 3.03. The molecule has 5 nitrogen and oxygen atoms in total. The summed E-state index contributed by atoms with van der Waals surface area (Å²) in [6, 6.07) is 10.7. The van der Waals surface area contributed by atoms with E-state index in [2.05, 4.69) is 50.7 Å².